The van der Waals surface area contributed by atoms with E-state index in [-0.39, 0.29) is 5.82 Å². The lowest BCUT2D eigenvalue weighted by Crippen LogP contribution is -1.99. The third-order valence-corrected chi connectivity index (χ3v) is 4.03. The zero-order valence-corrected chi connectivity index (χ0v) is 13.3. The van der Waals surface area contributed by atoms with E-state index in [0.29, 0.717) is 16.9 Å². The first-order valence-corrected chi connectivity index (χ1v) is 7.52. The van der Waals surface area contributed by atoms with E-state index in [4.69, 9.17) is 5.73 Å². The minimum atomic E-state index is 0.182. The molecule has 0 amide bonds. The Hall–Kier alpha value is -3.46. The third kappa shape index (κ3) is 1.92. The fourth-order valence-electron chi connectivity index (χ4n) is 3.04. The molecule has 1 aromatic carbocycles. The van der Waals surface area contributed by atoms with Crippen LogP contribution in [0.2, 0.25) is 0 Å². The maximum Gasteiger partial charge on any atom is 0.186 e. The molecule has 4 rings (SSSR count). The Morgan fingerprint density at radius 2 is 1.88 bits per heavy atom. The first-order chi connectivity index (χ1) is 11.6. The molecule has 0 spiro atoms. The molecule has 0 radical (unpaired) electrons. The lowest BCUT2D eigenvalue weighted by atomic mass is 9.98. The Bertz CT molecular complexity index is 1140. The van der Waals surface area contributed by atoms with Crippen LogP contribution in [0.15, 0.2) is 36.4 Å². The van der Waals surface area contributed by atoms with E-state index in [9.17, 15) is 5.26 Å². The van der Waals surface area contributed by atoms with Crippen LogP contribution in [-0.4, -0.2) is 19.6 Å². The maximum atomic E-state index is 9.62. The molecule has 6 nitrogen and oxygen atoms in total. The number of pyridine rings is 1. The van der Waals surface area contributed by atoms with Gasteiger partial charge in [-0.25, -0.2) is 14.5 Å². The van der Waals surface area contributed by atoms with Crippen molar-refractivity contribution in [2.24, 2.45) is 0 Å². The Labute approximate surface area is 138 Å². The van der Waals surface area contributed by atoms with Crippen molar-refractivity contribution in [1.29, 1.82) is 5.26 Å². The van der Waals surface area contributed by atoms with Crippen molar-refractivity contribution < 1.29 is 0 Å². The van der Waals surface area contributed by atoms with E-state index in [1.165, 1.54) is 0 Å². The van der Waals surface area contributed by atoms with Gasteiger partial charge in [0.25, 0.3) is 0 Å². The molecular weight excluding hydrogens is 300 g/mol. The Morgan fingerprint density at radius 3 is 2.58 bits per heavy atom. The number of rotatable bonds is 1. The fraction of sp³-hybridized carbons (Fsp3) is 0.111. The Kier molecular flexibility index (Phi) is 2.97. The molecule has 0 atom stereocenters. The van der Waals surface area contributed by atoms with Gasteiger partial charge in [0.2, 0.25) is 0 Å². The van der Waals surface area contributed by atoms with Crippen LogP contribution in [-0.2, 0) is 0 Å². The van der Waals surface area contributed by atoms with Gasteiger partial charge in [0.05, 0.1) is 5.39 Å². The molecule has 0 saturated heterocycles. The van der Waals surface area contributed by atoms with Gasteiger partial charge < -0.3 is 5.73 Å². The molecule has 116 valence electrons. The van der Waals surface area contributed by atoms with Gasteiger partial charge in [0, 0.05) is 17.0 Å². The first-order valence-electron chi connectivity index (χ1n) is 7.52. The van der Waals surface area contributed by atoms with Gasteiger partial charge in [-0.05, 0) is 25.5 Å². The largest absolute Gasteiger partial charge is 0.383 e. The smallest absolute Gasteiger partial charge is 0.186 e. The topological polar surface area (TPSA) is 92.9 Å². The van der Waals surface area contributed by atoms with Crippen molar-refractivity contribution >= 4 is 22.5 Å². The summed E-state index contributed by atoms with van der Waals surface area (Å²) < 4.78 is 1.75. The number of nitrogens with zero attached hydrogens (tertiary/aromatic N) is 5. The molecule has 4 aromatic rings. The van der Waals surface area contributed by atoms with Gasteiger partial charge in [-0.15, -0.1) is 5.10 Å². The van der Waals surface area contributed by atoms with Crippen molar-refractivity contribution in [3.8, 4) is 17.2 Å². The third-order valence-electron chi connectivity index (χ3n) is 4.03. The van der Waals surface area contributed by atoms with Crippen molar-refractivity contribution in [3.63, 3.8) is 0 Å². The van der Waals surface area contributed by atoms with Crippen molar-refractivity contribution in [1.82, 2.24) is 19.6 Å². The highest BCUT2D eigenvalue weighted by Gasteiger charge is 2.21. The van der Waals surface area contributed by atoms with Crippen LogP contribution in [0.1, 0.15) is 17.0 Å². The zero-order valence-electron chi connectivity index (χ0n) is 13.3. The van der Waals surface area contributed by atoms with E-state index in [0.717, 1.165) is 27.9 Å². The molecule has 0 saturated carbocycles. The lowest BCUT2D eigenvalue weighted by molar-refractivity contribution is 0.894. The SMILES string of the molecule is Cc1cc(C)n2nc3nc(N)c(C#N)c(-c4ccccc4)c3c2n1. The molecule has 3 aromatic heterocycles. The quantitative estimate of drug-likeness (QED) is 0.583. The number of benzene rings is 1. The molecule has 0 unspecified atom stereocenters. The van der Waals surface area contributed by atoms with Gasteiger partial charge in [0.15, 0.2) is 11.3 Å². The van der Waals surface area contributed by atoms with E-state index in [1.807, 2.05) is 50.2 Å². The van der Waals surface area contributed by atoms with Gasteiger partial charge in [0.1, 0.15) is 17.5 Å². The number of hydrogen-bond donors (Lipinski definition) is 1. The molecule has 2 N–H and O–H groups in total. The van der Waals surface area contributed by atoms with E-state index < -0.39 is 0 Å². The summed E-state index contributed by atoms with van der Waals surface area (Å²) in [5.41, 5.74) is 11.0. The highest BCUT2D eigenvalue weighted by atomic mass is 15.3. The van der Waals surface area contributed by atoms with Crippen LogP contribution in [0.5, 0.6) is 0 Å². The van der Waals surface area contributed by atoms with E-state index >= 15 is 0 Å². The molecule has 3 heterocycles. The number of nitriles is 1. The molecule has 0 bridgehead atoms. The maximum absolute atomic E-state index is 9.62. The van der Waals surface area contributed by atoms with Crippen molar-refractivity contribution in [2.75, 3.05) is 5.73 Å². The number of hydrogen-bond acceptors (Lipinski definition) is 5. The molecular formula is C18H14N6. The fourth-order valence-corrected chi connectivity index (χ4v) is 3.04. The van der Waals surface area contributed by atoms with E-state index in [1.54, 1.807) is 4.52 Å². The summed E-state index contributed by atoms with van der Waals surface area (Å²) in [7, 11) is 0. The number of aryl methyl sites for hydroxylation is 2. The Morgan fingerprint density at radius 1 is 1.12 bits per heavy atom. The Balaban J connectivity index is 2.29. The monoisotopic (exact) mass is 314 g/mol. The second kappa shape index (κ2) is 5.03. The van der Waals surface area contributed by atoms with Crippen molar-refractivity contribution in [3.05, 3.63) is 53.3 Å². The highest BCUT2D eigenvalue weighted by molar-refractivity contribution is 6.06. The number of anilines is 1. The molecule has 0 aliphatic carbocycles. The minimum absolute atomic E-state index is 0.182. The predicted molar refractivity (Wildman–Crippen MR) is 92.3 cm³/mol. The van der Waals surface area contributed by atoms with Crippen LogP contribution in [0, 0.1) is 25.2 Å². The lowest BCUT2D eigenvalue weighted by Gasteiger charge is -2.08. The summed E-state index contributed by atoms with van der Waals surface area (Å²) >= 11 is 0. The number of fused-ring (bicyclic) bond motifs is 3. The zero-order chi connectivity index (χ0) is 16.8. The summed E-state index contributed by atoms with van der Waals surface area (Å²) in [4.78, 5) is 8.95. The van der Waals surface area contributed by atoms with Crippen LogP contribution < -0.4 is 5.73 Å². The summed E-state index contributed by atoms with van der Waals surface area (Å²) in [6, 6.07) is 13.8. The average Bonchev–Trinajstić information content (AvgIpc) is 2.92. The number of aromatic nitrogens is 4. The standard InChI is InChI=1S/C18H14N6/c1-10-8-11(2)24-18(21-10)15-14(12-6-4-3-5-7-12)13(9-19)16(20)22-17(15)23-24/h3-8H,1-2H3,(H2,20,22,23). The first kappa shape index (κ1) is 14.2. The van der Waals surface area contributed by atoms with Crippen molar-refractivity contribution in [2.45, 2.75) is 13.8 Å². The number of nitrogens with two attached hydrogens (primary N) is 1. The summed E-state index contributed by atoms with van der Waals surface area (Å²) in [6.07, 6.45) is 0. The molecule has 0 aliphatic rings. The van der Waals surface area contributed by atoms with Crippen LogP contribution >= 0.6 is 0 Å². The molecule has 6 heteroatoms. The second-order valence-corrected chi connectivity index (χ2v) is 5.70. The minimum Gasteiger partial charge on any atom is -0.383 e. The van der Waals surface area contributed by atoms with E-state index in [2.05, 4.69) is 21.1 Å². The predicted octanol–water partition coefficient (Wildman–Crippen LogP) is 3.02. The second-order valence-electron chi connectivity index (χ2n) is 5.70. The molecule has 0 aliphatic heterocycles. The van der Waals surface area contributed by atoms with Gasteiger partial charge in [-0.1, -0.05) is 30.3 Å². The summed E-state index contributed by atoms with van der Waals surface area (Å²) in [5, 5.41) is 14.9. The van der Waals surface area contributed by atoms with Crippen LogP contribution in [0.4, 0.5) is 5.82 Å². The summed E-state index contributed by atoms with van der Waals surface area (Å²) in [6.45, 7) is 3.90. The highest BCUT2D eigenvalue weighted by Crippen LogP contribution is 2.35. The number of nitrogen functional groups attached to an aromatic ring is 1. The molecule has 24 heavy (non-hydrogen) atoms. The van der Waals surface area contributed by atoms with Crippen LogP contribution in [0.25, 0.3) is 27.8 Å². The average molecular weight is 314 g/mol. The molecule has 0 fully saturated rings. The normalized spacial score (nSPS) is 11.0. The van der Waals surface area contributed by atoms with Gasteiger partial charge in [-0.2, -0.15) is 5.26 Å². The van der Waals surface area contributed by atoms with Gasteiger partial charge in [-0.3, -0.25) is 0 Å². The van der Waals surface area contributed by atoms with Crippen LogP contribution in [0.3, 0.4) is 0 Å². The van der Waals surface area contributed by atoms with Gasteiger partial charge >= 0.3 is 0 Å². The summed E-state index contributed by atoms with van der Waals surface area (Å²) in [5.74, 6) is 0.182.